The smallest absolute Gasteiger partial charge is 0.265 e. The van der Waals surface area contributed by atoms with E-state index in [9.17, 15) is 13.2 Å². The van der Waals surface area contributed by atoms with E-state index in [-0.39, 0.29) is 23.7 Å². The van der Waals surface area contributed by atoms with Crippen LogP contribution < -0.4 is 14.8 Å². The molecule has 2 aromatic carbocycles. The van der Waals surface area contributed by atoms with Gasteiger partial charge in [0.1, 0.15) is 18.1 Å². The van der Waals surface area contributed by atoms with Crippen LogP contribution in [0.5, 0.6) is 11.5 Å². The van der Waals surface area contributed by atoms with Gasteiger partial charge in [0.05, 0.1) is 5.75 Å². The van der Waals surface area contributed by atoms with E-state index in [4.69, 9.17) is 9.47 Å². The molecule has 0 heterocycles. The zero-order valence-electron chi connectivity index (χ0n) is 17.6. The van der Waals surface area contributed by atoms with Crippen LogP contribution in [-0.2, 0) is 20.0 Å². The lowest BCUT2D eigenvalue weighted by Crippen LogP contribution is -2.30. The average Bonchev–Trinajstić information content (AvgIpc) is 2.60. The van der Waals surface area contributed by atoms with E-state index in [1.54, 1.807) is 31.2 Å². The lowest BCUT2D eigenvalue weighted by molar-refractivity contribution is -0.122. The lowest BCUT2D eigenvalue weighted by Gasteiger charge is -2.20. The Kier molecular flexibility index (Phi) is 7.30. The molecule has 0 aliphatic carbocycles. The van der Waals surface area contributed by atoms with Gasteiger partial charge in [-0.2, -0.15) is 0 Å². The fourth-order valence-electron chi connectivity index (χ4n) is 2.51. The van der Waals surface area contributed by atoms with Crippen LogP contribution in [0.4, 0.5) is 5.69 Å². The van der Waals surface area contributed by atoms with Crippen molar-refractivity contribution in [3.8, 4) is 11.5 Å². The normalized spacial score (nSPS) is 12.9. The van der Waals surface area contributed by atoms with E-state index in [1.165, 1.54) is 5.56 Å². The monoisotopic (exact) mass is 419 g/mol. The van der Waals surface area contributed by atoms with E-state index in [1.807, 2.05) is 24.3 Å². The fraction of sp³-hybridized carbons (Fsp3) is 0.409. The van der Waals surface area contributed by atoms with Crippen LogP contribution in [0, 0.1) is 0 Å². The summed E-state index contributed by atoms with van der Waals surface area (Å²) in [7, 11) is -3.09. The number of hydrogen-bond donors (Lipinski definition) is 1. The highest BCUT2D eigenvalue weighted by Crippen LogP contribution is 2.25. The molecule has 1 N–H and O–H groups in total. The van der Waals surface area contributed by atoms with Crippen molar-refractivity contribution < 1.29 is 22.7 Å². The number of benzene rings is 2. The molecule has 6 nitrogen and oxygen atoms in total. The molecule has 0 aromatic heterocycles. The maximum absolute atomic E-state index is 12.4. The number of rotatable bonds is 8. The van der Waals surface area contributed by atoms with Crippen LogP contribution in [0.15, 0.2) is 48.5 Å². The third-order valence-electron chi connectivity index (χ3n) is 4.23. The van der Waals surface area contributed by atoms with Gasteiger partial charge in [0.25, 0.3) is 5.91 Å². The minimum Gasteiger partial charge on any atom is -0.492 e. The van der Waals surface area contributed by atoms with Gasteiger partial charge in [0, 0.05) is 18.0 Å². The average molecular weight is 420 g/mol. The van der Waals surface area contributed by atoms with Gasteiger partial charge in [0.15, 0.2) is 15.9 Å². The van der Waals surface area contributed by atoms with Crippen molar-refractivity contribution >= 4 is 21.4 Å². The first kappa shape index (κ1) is 22.7. The second kappa shape index (κ2) is 9.31. The van der Waals surface area contributed by atoms with Crippen molar-refractivity contribution in [3.05, 3.63) is 54.1 Å². The predicted octanol–water partition coefficient (Wildman–Crippen LogP) is 3.81. The molecule has 158 valence electrons. The summed E-state index contributed by atoms with van der Waals surface area (Å²) in [5.74, 6) is 0.747. The van der Waals surface area contributed by atoms with Crippen molar-refractivity contribution in [2.75, 3.05) is 23.9 Å². The van der Waals surface area contributed by atoms with Crippen LogP contribution in [0.2, 0.25) is 0 Å². The minimum atomic E-state index is -3.09. The van der Waals surface area contributed by atoms with E-state index in [0.717, 1.165) is 6.26 Å². The summed E-state index contributed by atoms with van der Waals surface area (Å²) < 4.78 is 33.5. The molecule has 0 spiro atoms. The molecule has 0 fully saturated rings. The summed E-state index contributed by atoms with van der Waals surface area (Å²) in [6, 6.07) is 14.5. The number of nitrogens with one attached hydrogen (secondary N) is 1. The molecule has 0 saturated carbocycles. The van der Waals surface area contributed by atoms with E-state index >= 15 is 0 Å². The Balaban J connectivity index is 1.93. The van der Waals surface area contributed by atoms with Gasteiger partial charge in [-0.05, 0) is 42.2 Å². The van der Waals surface area contributed by atoms with Crippen LogP contribution in [0.1, 0.15) is 33.3 Å². The number of ether oxygens (including phenoxy) is 2. The Morgan fingerprint density at radius 3 is 2.31 bits per heavy atom. The quantitative estimate of drug-likeness (QED) is 0.704. The second-order valence-electron chi connectivity index (χ2n) is 8.03. The summed E-state index contributed by atoms with van der Waals surface area (Å²) in [6.07, 6.45) is 0.468. The number of anilines is 1. The summed E-state index contributed by atoms with van der Waals surface area (Å²) in [5, 5.41) is 2.78. The largest absolute Gasteiger partial charge is 0.492 e. The molecule has 7 heteroatoms. The summed E-state index contributed by atoms with van der Waals surface area (Å²) in [4.78, 5) is 12.4. The van der Waals surface area contributed by atoms with E-state index < -0.39 is 15.9 Å². The molecular formula is C22H29NO5S. The third-order valence-corrected chi connectivity index (χ3v) is 5.14. The number of carbonyl (C=O) groups is 1. The molecule has 0 aliphatic rings. The Bertz CT molecular complexity index is 930. The Morgan fingerprint density at radius 1 is 1.07 bits per heavy atom. The molecule has 1 amide bonds. The van der Waals surface area contributed by atoms with Crippen LogP contribution in [0.3, 0.4) is 0 Å². The zero-order chi connectivity index (χ0) is 21.7. The summed E-state index contributed by atoms with van der Waals surface area (Å²) in [5.41, 5.74) is 1.79. The van der Waals surface area contributed by atoms with Crippen LogP contribution >= 0.6 is 0 Å². The summed E-state index contributed by atoms with van der Waals surface area (Å²) >= 11 is 0. The van der Waals surface area contributed by atoms with Gasteiger partial charge in [0.2, 0.25) is 0 Å². The van der Waals surface area contributed by atoms with Crippen molar-refractivity contribution in [1.29, 1.82) is 0 Å². The highest BCUT2D eigenvalue weighted by atomic mass is 32.2. The molecule has 2 rings (SSSR count). The third kappa shape index (κ3) is 7.77. The van der Waals surface area contributed by atoms with Crippen molar-refractivity contribution in [2.24, 2.45) is 0 Å². The topological polar surface area (TPSA) is 81.7 Å². The molecule has 0 aliphatic heterocycles. The Hall–Kier alpha value is -2.54. The van der Waals surface area contributed by atoms with Crippen molar-refractivity contribution in [2.45, 2.75) is 39.2 Å². The minimum absolute atomic E-state index is 0.0515. The van der Waals surface area contributed by atoms with Crippen LogP contribution in [0.25, 0.3) is 0 Å². The maximum Gasteiger partial charge on any atom is 0.265 e. The first-order chi connectivity index (χ1) is 13.4. The molecule has 2 aromatic rings. The van der Waals surface area contributed by atoms with Gasteiger partial charge in [-0.3, -0.25) is 4.79 Å². The fourth-order valence-corrected chi connectivity index (χ4v) is 2.90. The Morgan fingerprint density at radius 2 is 1.72 bits per heavy atom. The number of carbonyl (C=O) groups excluding carboxylic acids is 1. The lowest BCUT2D eigenvalue weighted by atomic mass is 9.87. The van der Waals surface area contributed by atoms with Gasteiger partial charge >= 0.3 is 0 Å². The Labute approximate surface area is 173 Å². The molecule has 0 saturated heterocycles. The molecule has 1 atom stereocenters. The standard InChI is InChI=1S/C22H29NO5S/c1-16(28-19-11-9-17(10-12-19)22(2,3)4)21(24)23-18-7-6-8-20(15-18)27-13-14-29(5,25)26/h6-12,15-16H,13-14H2,1-5H3,(H,23,24). The highest BCUT2D eigenvalue weighted by molar-refractivity contribution is 7.90. The van der Waals surface area contributed by atoms with Crippen molar-refractivity contribution in [3.63, 3.8) is 0 Å². The van der Waals surface area contributed by atoms with Gasteiger partial charge in [-0.15, -0.1) is 0 Å². The SMILES string of the molecule is CC(Oc1ccc(C(C)(C)C)cc1)C(=O)Nc1cccc(OCCS(C)(=O)=O)c1. The first-order valence-electron chi connectivity index (χ1n) is 9.43. The van der Waals surface area contributed by atoms with Crippen molar-refractivity contribution in [1.82, 2.24) is 0 Å². The number of amides is 1. The molecular weight excluding hydrogens is 390 g/mol. The molecule has 0 radical (unpaired) electrons. The molecule has 29 heavy (non-hydrogen) atoms. The second-order valence-corrected chi connectivity index (χ2v) is 10.3. The molecule has 1 unspecified atom stereocenters. The predicted molar refractivity (Wildman–Crippen MR) is 116 cm³/mol. The van der Waals surface area contributed by atoms with Gasteiger partial charge < -0.3 is 14.8 Å². The van der Waals surface area contributed by atoms with Crippen LogP contribution in [-0.4, -0.2) is 39.0 Å². The number of hydrogen-bond acceptors (Lipinski definition) is 5. The van der Waals surface area contributed by atoms with E-state index in [0.29, 0.717) is 17.2 Å². The summed E-state index contributed by atoms with van der Waals surface area (Å²) in [6.45, 7) is 8.15. The van der Waals surface area contributed by atoms with E-state index in [2.05, 4.69) is 26.1 Å². The van der Waals surface area contributed by atoms with Gasteiger partial charge in [-0.25, -0.2) is 8.42 Å². The van der Waals surface area contributed by atoms with Gasteiger partial charge in [-0.1, -0.05) is 39.0 Å². The highest BCUT2D eigenvalue weighted by Gasteiger charge is 2.17. The zero-order valence-corrected chi connectivity index (χ0v) is 18.4. The number of sulfone groups is 1. The first-order valence-corrected chi connectivity index (χ1v) is 11.5. The molecule has 0 bridgehead atoms. The maximum atomic E-state index is 12.4.